The maximum atomic E-state index is 3.69. The van der Waals surface area contributed by atoms with Gasteiger partial charge in [0.15, 0.2) is 0 Å². The van der Waals surface area contributed by atoms with Gasteiger partial charge in [0, 0.05) is 18.4 Å². The molecule has 0 aliphatic carbocycles. The summed E-state index contributed by atoms with van der Waals surface area (Å²) in [5.41, 5.74) is 1.89. The lowest BCUT2D eigenvalue weighted by Gasteiger charge is -2.32. The van der Waals surface area contributed by atoms with Crippen LogP contribution in [0.5, 0.6) is 0 Å². The molecule has 1 fully saturated rings. The van der Waals surface area contributed by atoms with Crippen molar-refractivity contribution in [1.82, 2.24) is 4.90 Å². The molecule has 1 aromatic rings. The van der Waals surface area contributed by atoms with Crippen molar-refractivity contribution in [1.29, 1.82) is 0 Å². The molecule has 0 aromatic heterocycles. The van der Waals surface area contributed by atoms with Crippen molar-refractivity contribution in [2.24, 2.45) is 11.3 Å². The molecule has 19 heavy (non-hydrogen) atoms. The number of likely N-dealkylation sites (tertiary alicyclic amines) is 1. The first kappa shape index (κ1) is 15.1. The van der Waals surface area contributed by atoms with E-state index < -0.39 is 0 Å². The van der Waals surface area contributed by atoms with E-state index in [1.807, 2.05) is 0 Å². The summed E-state index contributed by atoms with van der Waals surface area (Å²) < 4.78 is 0. The fraction of sp³-hybridized carbons (Fsp3) is 0.647. The Labute approximate surface area is 126 Å². The van der Waals surface area contributed by atoms with Gasteiger partial charge in [-0.3, -0.25) is 0 Å². The van der Waals surface area contributed by atoms with E-state index in [9.17, 15) is 0 Å². The van der Waals surface area contributed by atoms with Crippen LogP contribution in [0.4, 0.5) is 0 Å². The van der Waals surface area contributed by atoms with Gasteiger partial charge in [0.1, 0.15) is 0 Å². The van der Waals surface area contributed by atoms with Gasteiger partial charge >= 0.3 is 0 Å². The van der Waals surface area contributed by atoms with Crippen molar-refractivity contribution in [3.63, 3.8) is 0 Å². The molecular weight excluding hydrogens is 298 g/mol. The minimum absolute atomic E-state index is 0.383. The molecule has 0 N–H and O–H groups in total. The van der Waals surface area contributed by atoms with Crippen molar-refractivity contribution < 1.29 is 0 Å². The van der Waals surface area contributed by atoms with Crippen molar-refractivity contribution in [2.75, 3.05) is 25.0 Å². The topological polar surface area (TPSA) is 3.24 Å². The second-order valence-corrected chi connectivity index (χ2v) is 7.52. The lowest BCUT2D eigenvalue weighted by atomic mass is 9.82. The molecule has 2 unspecified atom stereocenters. The van der Waals surface area contributed by atoms with E-state index in [2.05, 4.69) is 71.9 Å². The van der Waals surface area contributed by atoms with Gasteiger partial charge in [0.2, 0.25) is 0 Å². The second-order valence-electron chi connectivity index (χ2n) is 6.87. The third-order valence-corrected chi connectivity index (χ3v) is 5.21. The van der Waals surface area contributed by atoms with Crippen molar-refractivity contribution in [3.05, 3.63) is 35.9 Å². The van der Waals surface area contributed by atoms with Crippen molar-refractivity contribution in [3.8, 4) is 0 Å². The van der Waals surface area contributed by atoms with Crippen molar-refractivity contribution >= 4 is 15.9 Å². The zero-order valence-electron chi connectivity index (χ0n) is 12.4. The third-order valence-electron chi connectivity index (χ3n) is 4.43. The lowest BCUT2D eigenvalue weighted by molar-refractivity contribution is 0.186. The SMILES string of the molecule is CC(C)(C)C(CBr)CN1CCC(c2ccccc2)C1. The number of benzene rings is 1. The average molecular weight is 324 g/mol. The second kappa shape index (κ2) is 6.41. The molecule has 1 aromatic carbocycles. The van der Waals surface area contributed by atoms with Crippen LogP contribution in [0.25, 0.3) is 0 Å². The Bertz CT molecular complexity index is 382. The molecule has 1 heterocycles. The highest BCUT2D eigenvalue weighted by atomic mass is 79.9. The molecule has 0 spiro atoms. The molecule has 0 radical (unpaired) electrons. The normalized spacial score (nSPS) is 22.6. The number of halogens is 1. The fourth-order valence-electron chi connectivity index (χ4n) is 2.86. The molecule has 106 valence electrons. The summed E-state index contributed by atoms with van der Waals surface area (Å²) >= 11 is 3.69. The lowest BCUT2D eigenvalue weighted by Crippen LogP contribution is -2.35. The highest BCUT2D eigenvalue weighted by Crippen LogP contribution is 2.32. The van der Waals surface area contributed by atoms with Crippen LogP contribution in [0.2, 0.25) is 0 Å². The van der Waals surface area contributed by atoms with E-state index >= 15 is 0 Å². The van der Waals surface area contributed by atoms with Gasteiger partial charge in [-0.1, -0.05) is 67.0 Å². The Morgan fingerprint density at radius 2 is 1.95 bits per heavy atom. The largest absolute Gasteiger partial charge is 0.302 e. The summed E-state index contributed by atoms with van der Waals surface area (Å²) in [6.45, 7) is 10.7. The van der Waals surface area contributed by atoms with Gasteiger partial charge in [-0.05, 0) is 35.8 Å². The highest BCUT2D eigenvalue weighted by molar-refractivity contribution is 9.09. The zero-order chi connectivity index (χ0) is 13.9. The quantitative estimate of drug-likeness (QED) is 0.735. The summed E-state index contributed by atoms with van der Waals surface area (Å²) in [5.74, 6) is 1.46. The fourth-order valence-corrected chi connectivity index (χ4v) is 4.04. The van der Waals surface area contributed by atoms with Crippen LogP contribution in [0.15, 0.2) is 30.3 Å². The molecule has 1 aliphatic rings. The summed E-state index contributed by atoms with van der Waals surface area (Å²) in [6, 6.07) is 11.0. The Balaban J connectivity index is 1.92. The van der Waals surface area contributed by atoms with E-state index in [-0.39, 0.29) is 0 Å². The first-order valence-corrected chi connectivity index (χ1v) is 8.46. The number of hydrogen-bond donors (Lipinski definition) is 0. The highest BCUT2D eigenvalue weighted by Gasteiger charge is 2.30. The molecule has 0 amide bonds. The molecule has 2 heteroatoms. The first-order chi connectivity index (χ1) is 9.00. The Kier molecular flexibility index (Phi) is 5.08. The monoisotopic (exact) mass is 323 g/mol. The van der Waals surface area contributed by atoms with Crippen LogP contribution >= 0.6 is 15.9 Å². The third kappa shape index (κ3) is 4.06. The average Bonchev–Trinajstić information content (AvgIpc) is 2.84. The molecule has 2 atom stereocenters. The number of nitrogens with zero attached hydrogens (tertiary/aromatic N) is 1. The van der Waals surface area contributed by atoms with E-state index in [0.717, 1.165) is 17.2 Å². The molecule has 1 saturated heterocycles. The summed E-state index contributed by atoms with van der Waals surface area (Å²) in [5, 5.41) is 1.10. The smallest absolute Gasteiger partial charge is 0.00768 e. The molecule has 0 bridgehead atoms. The van der Waals surface area contributed by atoms with Crippen LogP contribution in [-0.2, 0) is 0 Å². The van der Waals surface area contributed by atoms with Gasteiger partial charge in [-0.2, -0.15) is 0 Å². The van der Waals surface area contributed by atoms with Gasteiger partial charge in [-0.25, -0.2) is 0 Å². The molecule has 0 saturated carbocycles. The summed E-state index contributed by atoms with van der Waals surface area (Å²) in [6.07, 6.45) is 1.31. The predicted octanol–water partition coefficient (Wildman–Crippen LogP) is 4.53. The van der Waals surface area contributed by atoms with E-state index in [1.54, 1.807) is 0 Å². The maximum Gasteiger partial charge on any atom is 0.00768 e. The number of alkyl halides is 1. The number of hydrogen-bond acceptors (Lipinski definition) is 1. The van der Waals surface area contributed by atoms with Crippen LogP contribution in [-0.4, -0.2) is 29.9 Å². The molecule has 1 nitrogen and oxygen atoms in total. The van der Waals surface area contributed by atoms with Crippen LogP contribution in [0.1, 0.15) is 38.7 Å². The molecule has 1 aliphatic heterocycles. The molecule has 2 rings (SSSR count). The van der Waals surface area contributed by atoms with E-state index in [4.69, 9.17) is 0 Å². The van der Waals surface area contributed by atoms with Gasteiger partial charge in [-0.15, -0.1) is 0 Å². The van der Waals surface area contributed by atoms with Gasteiger partial charge in [0.25, 0.3) is 0 Å². The zero-order valence-corrected chi connectivity index (χ0v) is 14.0. The standard InChI is InChI=1S/C17H26BrN/c1-17(2,3)16(11-18)13-19-10-9-15(12-19)14-7-5-4-6-8-14/h4-8,15-16H,9-13H2,1-3H3. The van der Waals surface area contributed by atoms with E-state index in [0.29, 0.717) is 5.41 Å². The first-order valence-electron chi connectivity index (χ1n) is 7.34. The number of rotatable bonds is 4. The summed E-state index contributed by atoms with van der Waals surface area (Å²) in [4.78, 5) is 2.65. The predicted molar refractivity (Wildman–Crippen MR) is 87.0 cm³/mol. The minimum Gasteiger partial charge on any atom is -0.302 e. The van der Waals surface area contributed by atoms with Crippen LogP contribution in [0, 0.1) is 11.3 Å². The summed E-state index contributed by atoms with van der Waals surface area (Å²) in [7, 11) is 0. The van der Waals surface area contributed by atoms with Crippen LogP contribution < -0.4 is 0 Å². The van der Waals surface area contributed by atoms with Crippen LogP contribution in [0.3, 0.4) is 0 Å². The maximum absolute atomic E-state index is 3.69. The van der Waals surface area contributed by atoms with Gasteiger partial charge < -0.3 is 4.90 Å². The minimum atomic E-state index is 0.383. The van der Waals surface area contributed by atoms with E-state index in [1.165, 1.54) is 31.6 Å². The Morgan fingerprint density at radius 1 is 1.26 bits per heavy atom. The van der Waals surface area contributed by atoms with Crippen molar-refractivity contribution in [2.45, 2.75) is 33.1 Å². The Morgan fingerprint density at radius 3 is 2.53 bits per heavy atom. The molecular formula is C17H26BrN. The Hall–Kier alpha value is -0.340. The van der Waals surface area contributed by atoms with Gasteiger partial charge in [0.05, 0.1) is 0 Å².